The van der Waals surface area contributed by atoms with Crippen molar-refractivity contribution in [3.8, 4) is 6.07 Å². The zero-order valence-corrected chi connectivity index (χ0v) is 18.4. The maximum atomic E-state index is 13.3. The molecule has 1 aromatic heterocycles. The molecule has 1 aromatic rings. The van der Waals surface area contributed by atoms with Crippen LogP contribution in [0, 0.1) is 52.3 Å². The smallest absolute Gasteiger partial charge is 0.157 e. The van der Waals surface area contributed by atoms with Crippen LogP contribution in [0.15, 0.2) is 12.4 Å². The quantitative estimate of drug-likeness (QED) is 0.805. The first kappa shape index (κ1) is 20.2. The predicted octanol–water partition coefficient (Wildman–Crippen LogP) is 4.34. The summed E-state index contributed by atoms with van der Waals surface area (Å²) in [6, 6.07) is 2.09. The van der Waals surface area contributed by atoms with Crippen molar-refractivity contribution in [3.63, 3.8) is 0 Å². The Hall–Kier alpha value is -1.67. The number of carbonyl (C=O) groups excluding carboxylic acids is 1. The topological polar surface area (TPSA) is 78.9 Å². The fourth-order valence-corrected chi connectivity index (χ4v) is 8.39. The fraction of sp³-hybridized carbons (Fsp3) is 0.800. The maximum Gasteiger partial charge on any atom is 0.157 e. The van der Waals surface area contributed by atoms with Gasteiger partial charge in [0.2, 0.25) is 0 Å². The third-order valence-electron chi connectivity index (χ3n) is 9.71. The van der Waals surface area contributed by atoms with Crippen LogP contribution < -0.4 is 0 Å². The molecule has 0 bridgehead atoms. The largest absolute Gasteiger partial charge is 0.390 e. The number of nitrogens with zero attached hydrogens (tertiary/aromatic N) is 3. The van der Waals surface area contributed by atoms with Crippen molar-refractivity contribution in [2.24, 2.45) is 40.9 Å². The molecule has 8 atom stereocenters. The van der Waals surface area contributed by atoms with Crippen molar-refractivity contribution in [2.45, 2.75) is 83.8 Å². The van der Waals surface area contributed by atoms with Gasteiger partial charge in [-0.15, -0.1) is 0 Å². The second-order valence-electron chi connectivity index (χ2n) is 11.4. The minimum absolute atomic E-state index is 0.121. The zero-order valence-electron chi connectivity index (χ0n) is 18.4. The number of aromatic nitrogens is 2. The van der Waals surface area contributed by atoms with Gasteiger partial charge in [0, 0.05) is 12.1 Å². The molecular weight excluding hydrogens is 374 g/mol. The lowest BCUT2D eigenvalue weighted by Crippen LogP contribution is -2.51. The first-order valence-corrected chi connectivity index (χ1v) is 12.0. The molecule has 0 aliphatic heterocycles. The van der Waals surface area contributed by atoms with Crippen molar-refractivity contribution in [3.05, 3.63) is 18.0 Å². The number of Topliss-reactive ketones (excluding diaryl/α,β-unsaturated/α-hetero) is 1. The Morgan fingerprint density at radius 1 is 1.17 bits per heavy atom. The van der Waals surface area contributed by atoms with Gasteiger partial charge in [0.15, 0.2) is 5.78 Å². The second kappa shape index (κ2) is 7.19. The van der Waals surface area contributed by atoms with Gasteiger partial charge >= 0.3 is 0 Å². The third-order valence-corrected chi connectivity index (χ3v) is 9.71. The molecule has 5 rings (SSSR count). The Morgan fingerprint density at radius 3 is 2.73 bits per heavy atom. The lowest BCUT2D eigenvalue weighted by Gasteiger charge is -2.56. The van der Waals surface area contributed by atoms with Gasteiger partial charge in [0.1, 0.15) is 6.07 Å². The van der Waals surface area contributed by atoms with E-state index in [-0.39, 0.29) is 11.3 Å². The van der Waals surface area contributed by atoms with Crippen LogP contribution in [0.2, 0.25) is 0 Å². The molecule has 4 saturated carbocycles. The van der Waals surface area contributed by atoms with E-state index in [0.29, 0.717) is 29.7 Å². The maximum absolute atomic E-state index is 13.3. The van der Waals surface area contributed by atoms with Crippen LogP contribution >= 0.6 is 0 Å². The van der Waals surface area contributed by atoms with E-state index in [4.69, 9.17) is 5.26 Å². The molecule has 0 radical (unpaired) electrons. The van der Waals surface area contributed by atoms with Crippen molar-refractivity contribution in [1.82, 2.24) is 9.78 Å². The fourth-order valence-electron chi connectivity index (χ4n) is 8.39. The van der Waals surface area contributed by atoms with E-state index in [0.717, 1.165) is 43.4 Å². The molecule has 4 aliphatic rings. The summed E-state index contributed by atoms with van der Waals surface area (Å²) in [7, 11) is 0. The van der Waals surface area contributed by atoms with Gasteiger partial charge in [-0.3, -0.25) is 9.48 Å². The average molecular weight is 410 g/mol. The Morgan fingerprint density at radius 2 is 1.97 bits per heavy atom. The van der Waals surface area contributed by atoms with E-state index in [1.165, 1.54) is 38.3 Å². The van der Waals surface area contributed by atoms with E-state index in [1.54, 1.807) is 10.9 Å². The van der Waals surface area contributed by atoms with Gasteiger partial charge in [-0.1, -0.05) is 6.92 Å². The standard InChI is InChI=1S/C25H35N3O2/c1-24(30)9-7-18-17(11-24)3-4-20-19(18)8-10-25(2)21(20)5-6-22(25)23(29)15-28-14-16(12-26)13-27-28/h13-14,17-22,30H,3-11,15H2,1-2H3/t17-,18+,19?,20?,21?,22?,24-,25+/m1/s1. The molecule has 4 fully saturated rings. The lowest BCUT2D eigenvalue weighted by atomic mass is 9.49. The van der Waals surface area contributed by atoms with E-state index in [2.05, 4.69) is 18.1 Å². The molecule has 0 amide bonds. The van der Waals surface area contributed by atoms with Crippen molar-refractivity contribution in [2.75, 3.05) is 0 Å². The van der Waals surface area contributed by atoms with Crippen LogP contribution in [0.3, 0.4) is 0 Å². The predicted molar refractivity (Wildman–Crippen MR) is 113 cm³/mol. The van der Waals surface area contributed by atoms with Crippen LogP contribution in [0.1, 0.15) is 77.2 Å². The summed E-state index contributed by atoms with van der Waals surface area (Å²) in [5.74, 6) is 4.15. The highest BCUT2D eigenvalue weighted by Crippen LogP contribution is 2.64. The van der Waals surface area contributed by atoms with Crippen LogP contribution in [0.4, 0.5) is 0 Å². The Bertz CT molecular complexity index is 868. The van der Waals surface area contributed by atoms with Gasteiger partial charge in [-0.05, 0) is 99.7 Å². The number of nitriles is 1. The van der Waals surface area contributed by atoms with Gasteiger partial charge in [0.05, 0.1) is 23.9 Å². The van der Waals surface area contributed by atoms with Crippen LogP contribution in [-0.2, 0) is 11.3 Å². The first-order chi connectivity index (χ1) is 14.3. The molecule has 5 heteroatoms. The molecule has 0 spiro atoms. The molecule has 0 aromatic carbocycles. The lowest BCUT2D eigenvalue weighted by molar-refractivity contribution is -0.133. The number of carbonyl (C=O) groups is 1. The highest BCUT2D eigenvalue weighted by atomic mass is 16.3. The molecule has 162 valence electrons. The molecule has 30 heavy (non-hydrogen) atoms. The normalized spacial score (nSPS) is 45.1. The SMILES string of the molecule is C[C@@]1(O)CC[C@@H]2C3CC[C@]4(C)C(C(=O)Cn5cc(C#N)cn5)CCC4C3CC[C@@H]2C1. The van der Waals surface area contributed by atoms with Gasteiger partial charge in [-0.25, -0.2) is 0 Å². The van der Waals surface area contributed by atoms with E-state index in [9.17, 15) is 9.90 Å². The minimum atomic E-state index is -0.458. The number of fused-ring (bicyclic) bond motifs is 5. The van der Waals surface area contributed by atoms with Crippen molar-refractivity contribution < 1.29 is 9.90 Å². The van der Waals surface area contributed by atoms with Gasteiger partial charge in [-0.2, -0.15) is 10.4 Å². The van der Waals surface area contributed by atoms with Crippen molar-refractivity contribution in [1.29, 1.82) is 5.26 Å². The second-order valence-corrected chi connectivity index (χ2v) is 11.4. The number of aliphatic hydroxyl groups is 1. The molecule has 1 N–H and O–H groups in total. The van der Waals surface area contributed by atoms with Gasteiger partial charge < -0.3 is 5.11 Å². The average Bonchev–Trinajstić information content (AvgIpc) is 3.30. The molecule has 4 unspecified atom stereocenters. The Kier molecular flexibility index (Phi) is 4.85. The number of ketones is 1. The molecule has 0 saturated heterocycles. The molecule has 4 aliphatic carbocycles. The summed E-state index contributed by atoms with van der Waals surface area (Å²) in [5.41, 5.74) is 0.179. The Balaban J connectivity index is 1.30. The summed E-state index contributed by atoms with van der Waals surface area (Å²) in [4.78, 5) is 13.3. The summed E-state index contributed by atoms with van der Waals surface area (Å²) < 4.78 is 1.64. The van der Waals surface area contributed by atoms with E-state index in [1.807, 2.05) is 6.92 Å². The summed E-state index contributed by atoms with van der Waals surface area (Å²) in [6.07, 6.45) is 13.5. The van der Waals surface area contributed by atoms with Gasteiger partial charge in [0.25, 0.3) is 0 Å². The zero-order chi connectivity index (χ0) is 21.1. The van der Waals surface area contributed by atoms with Crippen LogP contribution in [0.5, 0.6) is 0 Å². The van der Waals surface area contributed by atoms with E-state index < -0.39 is 5.60 Å². The molecule has 5 nitrogen and oxygen atoms in total. The number of hydrogen-bond donors (Lipinski definition) is 1. The summed E-state index contributed by atoms with van der Waals surface area (Å²) in [6.45, 7) is 4.72. The molecule has 1 heterocycles. The third kappa shape index (κ3) is 3.23. The minimum Gasteiger partial charge on any atom is -0.390 e. The van der Waals surface area contributed by atoms with Crippen molar-refractivity contribution >= 4 is 5.78 Å². The van der Waals surface area contributed by atoms with Crippen LogP contribution in [-0.4, -0.2) is 26.3 Å². The highest BCUT2D eigenvalue weighted by molar-refractivity contribution is 5.82. The summed E-state index contributed by atoms with van der Waals surface area (Å²) >= 11 is 0. The monoisotopic (exact) mass is 409 g/mol. The highest BCUT2D eigenvalue weighted by Gasteiger charge is 2.58. The summed E-state index contributed by atoms with van der Waals surface area (Å²) in [5, 5.41) is 23.8. The van der Waals surface area contributed by atoms with E-state index >= 15 is 0 Å². The number of hydrogen-bond acceptors (Lipinski definition) is 4. The molecular formula is C25H35N3O2. The Labute approximate surface area is 179 Å². The first-order valence-electron chi connectivity index (χ1n) is 12.0. The number of rotatable bonds is 3. The van der Waals surface area contributed by atoms with Crippen LogP contribution in [0.25, 0.3) is 0 Å².